The highest BCUT2D eigenvalue weighted by Gasteiger charge is 2.23. The molecule has 0 aromatic heterocycles. The first-order valence-electron chi connectivity index (χ1n) is 6.88. The molecule has 1 aromatic rings. The Bertz CT molecular complexity index is 488. The highest BCUT2D eigenvalue weighted by Crippen LogP contribution is 2.34. The third-order valence-electron chi connectivity index (χ3n) is 3.43. The number of nitrogens with zero attached hydrogens (tertiary/aromatic N) is 1. The Morgan fingerprint density at radius 2 is 2.05 bits per heavy atom. The van der Waals surface area contributed by atoms with Gasteiger partial charge in [-0.3, -0.25) is 4.79 Å². The zero-order chi connectivity index (χ0) is 14.7. The molecule has 0 unspecified atom stereocenters. The predicted molar refractivity (Wildman–Crippen MR) is 76.7 cm³/mol. The molecule has 1 amide bonds. The summed E-state index contributed by atoms with van der Waals surface area (Å²) in [6, 6.07) is 5.25. The molecule has 1 atom stereocenters. The summed E-state index contributed by atoms with van der Waals surface area (Å²) in [5, 5.41) is 0. The number of likely N-dealkylation sites (N-methyl/N-ethyl adjacent to an activating group) is 1. The molecule has 2 N–H and O–H groups in total. The Labute approximate surface area is 119 Å². The fraction of sp³-hybridized carbons (Fsp3) is 0.533. The van der Waals surface area contributed by atoms with Gasteiger partial charge in [0.05, 0.1) is 6.04 Å². The van der Waals surface area contributed by atoms with E-state index in [0.29, 0.717) is 19.8 Å². The molecule has 0 fully saturated rings. The quantitative estimate of drug-likeness (QED) is 0.904. The second kappa shape index (κ2) is 6.13. The van der Waals surface area contributed by atoms with Gasteiger partial charge in [-0.2, -0.15) is 0 Å². The molecule has 1 aliphatic rings. The van der Waals surface area contributed by atoms with Crippen LogP contribution < -0.4 is 15.2 Å². The largest absolute Gasteiger partial charge is 0.486 e. The lowest BCUT2D eigenvalue weighted by molar-refractivity contribution is -0.132. The van der Waals surface area contributed by atoms with Gasteiger partial charge in [-0.05, 0) is 12.0 Å². The molecule has 20 heavy (non-hydrogen) atoms. The standard InChI is InChI=1S/C15H22N2O3/c1-10(2)13(16)15(18)17(3)9-11-5-4-6-12-14(11)20-8-7-19-12/h4-6,10,13H,7-9,16H2,1-3H3/t13-/m0/s1. The summed E-state index contributed by atoms with van der Waals surface area (Å²) in [5.41, 5.74) is 6.84. The summed E-state index contributed by atoms with van der Waals surface area (Å²) in [6.07, 6.45) is 0. The molecule has 1 aliphatic heterocycles. The van der Waals surface area contributed by atoms with E-state index in [4.69, 9.17) is 15.2 Å². The summed E-state index contributed by atoms with van der Waals surface area (Å²) in [4.78, 5) is 13.8. The third-order valence-corrected chi connectivity index (χ3v) is 3.43. The highest BCUT2D eigenvalue weighted by atomic mass is 16.6. The van der Waals surface area contributed by atoms with Crippen LogP contribution >= 0.6 is 0 Å². The number of hydrogen-bond donors (Lipinski definition) is 1. The molecule has 0 bridgehead atoms. The van der Waals surface area contributed by atoms with E-state index in [0.717, 1.165) is 17.1 Å². The van der Waals surface area contributed by atoms with Gasteiger partial charge in [0.25, 0.3) is 0 Å². The van der Waals surface area contributed by atoms with Gasteiger partial charge in [-0.15, -0.1) is 0 Å². The van der Waals surface area contributed by atoms with Crippen molar-refractivity contribution in [3.63, 3.8) is 0 Å². The number of amides is 1. The Kier molecular flexibility index (Phi) is 4.49. The van der Waals surface area contributed by atoms with Gasteiger partial charge in [0.2, 0.25) is 5.91 Å². The fourth-order valence-corrected chi connectivity index (χ4v) is 2.13. The summed E-state index contributed by atoms with van der Waals surface area (Å²) < 4.78 is 11.2. The lowest BCUT2D eigenvalue weighted by Gasteiger charge is -2.26. The van der Waals surface area contributed by atoms with Crippen molar-refractivity contribution in [2.75, 3.05) is 20.3 Å². The average Bonchev–Trinajstić information content (AvgIpc) is 2.46. The van der Waals surface area contributed by atoms with Crippen LogP contribution in [-0.4, -0.2) is 37.1 Å². The average molecular weight is 278 g/mol. The maximum Gasteiger partial charge on any atom is 0.239 e. The molecule has 1 aromatic carbocycles. The van der Waals surface area contributed by atoms with E-state index in [9.17, 15) is 4.79 Å². The number of carbonyl (C=O) groups is 1. The number of para-hydroxylation sites is 1. The van der Waals surface area contributed by atoms with Gasteiger partial charge in [0, 0.05) is 19.2 Å². The molecule has 0 radical (unpaired) electrons. The Morgan fingerprint density at radius 1 is 1.35 bits per heavy atom. The molecule has 0 saturated carbocycles. The minimum atomic E-state index is -0.475. The molecule has 5 nitrogen and oxygen atoms in total. The van der Waals surface area contributed by atoms with Crippen molar-refractivity contribution >= 4 is 5.91 Å². The van der Waals surface area contributed by atoms with E-state index < -0.39 is 6.04 Å². The summed E-state index contributed by atoms with van der Waals surface area (Å²) in [5.74, 6) is 1.53. The van der Waals surface area contributed by atoms with Crippen LogP contribution in [0.25, 0.3) is 0 Å². The number of carbonyl (C=O) groups excluding carboxylic acids is 1. The molecule has 0 saturated heterocycles. The SMILES string of the molecule is CC(C)[C@H](N)C(=O)N(C)Cc1cccc2c1OCCO2. The second-order valence-electron chi connectivity index (χ2n) is 5.41. The molecule has 110 valence electrons. The second-order valence-corrected chi connectivity index (χ2v) is 5.41. The first kappa shape index (κ1) is 14.7. The first-order valence-corrected chi connectivity index (χ1v) is 6.88. The number of hydrogen-bond acceptors (Lipinski definition) is 4. The van der Waals surface area contributed by atoms with Crippen molar-refractivity contribution in [3.05, 3.63) is 23.8 Å². The first-order chi connectivity index (χ1) is 9.50. The molecule has 1 heterocycles. The smallest absolute Gasteiger partial charge is 0.239 e. The van der Waals surface area contributed by atoms with Crippen LogP contribution in [0.5, 0.6) is 11.5 Å². The lowest BCUT2D eigenvalue weighted by atomic mass is 10.0. The van der Waals surface area contributed by atoms with Crippen LogP contribution in [0.1, 0.15) is 19.4 Å². The van der Waals surface area contributed by atoms with Crippen molar-refractivity contribution < 1.29 is 14.3 Å². The number of rotatable bonds is 4. The number of fused-ring (bicyclic) bond motifs is 1. The minimum Gasteiger partial charge on any atom is -0.486 e. The van der Waals surface area contributed by atoms with Crippen molar-refractivity contribution in [1.82, 2.24) is 4.90 Å². The van der Waals surface area contributed by atoms with Crippen molar-refractivity contribution in [3.8, 4) is 11.5 Å². The molecular weight excluding hydrogens is 256 g/mol. The van der Waals surface area contributed by atoms with E-state index in [1.165, 1.54) is 0 Å². The minimum absolute atomic E-state index is 0.0608. The van der Waals surface area contributed by atoms with Gasteiger partial charge in [0.15, 0.2) is 11.5 Å². The van der Waals surface area contributed by atoms with Crippen molar-refractivity contribution in [2.24, 2.45) is 11.7 Å². The van der Waals surface area contributed by atoms with E-state index >= 15 is 0 Å². The normalized spacial score (nSPS) is 15.1. The van der Waals surface area contributed by atoms with E-state index in [-0.39, 0.29) is 11.8 Å². The van der Waals surface area contributed by atoms with Crippen LogP contribution in [0.3, 0.4) is 0 Å². The predicted octanol–water partition coefficient (Wildman–Crippen LogP) is 1.40. The lowest BCUT2D eigenvalue weighted by Crippen LogP contribution is -2.44. The number of benzene rings is 1. The fourth-order valence-electron chi connectivity index (χ4n) is 2.13. The Balaban J connectivity index is 2.12. The molecular formula is C15H22N2O3. The van der Waals surface area contributed by atoms with Crippen molar-refractivity contribution in [2.45, 2.75) is 26.4 Å². The third kappa shape index (κ3) is 3.04. The molecule has 0 spiro atoms. The summed E-state index contributed by atoms with van der Waals surface area (Å²) in [6.45, 7) is 5.44. The zero-order valence-electron chi connectivity index (χ0n) is 12.3. The monoisotopic (exact) mass is 278 g/mol. The Morgan fingerprint density at radius 3 is 2.75 bits per heavy atom. The van der Waals surface area contributed by atoms with Gasteiger partial charge < -0.3 is 20.1 Å². The topological polar surface area (TPSA) is 64.8 Å². The van der Waals surface area contributed by atoms with Crippen LogP contribution in [0.4, 0.5) is 0 Å². The van der Waals surface area contributed by atoms with E-state index in [1.54, 1.807) is 11.9 Å². The van der Waals surface area contributed by atoms with Gasteiger partial charge >= 0.3 is 0 Å². The molecule has 0 aliphatic carbocycles. The van der Waals surface area contributed by atoms with Gasteiger partial charge in [-0.25, -0.2) is 0 Å². The maximum absolute atomic E-state index is 12.2. The van der Waals surface area contributed by atoms with Crippen LogP contribution in [0.2, 0.25) is 0 Å². The van der Waals surface area contributed by atoms with Gasteiger partial charge in [0.1, 0.15) is 13.2 Å². The van der Waals surface area contributed by atoms with Crippen molar-refractivity contribution in [1.29, 1.82) is 0 Å². The van der Waals surface area contributed by atoms with E-state index in [1.807, 2.05) is 32.0 Å². The Hall–Kier alpha value is -1.75. The van der Waals surface area contributed by atoms with E-state index in [2.05, 4.69) is 0 Å². The van der Waals surface area contributed by atoms with Crippen LogP contribution in [0, 0.1) is 5.92 Å². The van der Waals surface area contributed by atoms with Gasteiger partial charge in [-0.1, -0.05) is 26.0 Å². The van der Waals surface area contributed by atoms with Crippen LogP contribution in [0.15, 0.2) is 18.2 Å². The highest BCUT2D eigenvalue weighted by molar-refractivity contribution is 5.81. The summed E-state index contributed by atoms with van der Waals surface area (Å²) in [7, 11) is 1.76. The summed E-state index contributed by atoms with van der Waals surface area (Å²) >= 11 is 0. The molecule has 2 rings (SSSR count). The van der Waals surface area contributed by atoms with Crippen LogP contribution in [-0.2, 0) is 11.3 Å². The maximum atomic E-state index is 12.2. The zero-order valence-corrected chi connectivity index (χ0v) is 12.3. The molecule has 5 heteroatoms. The number of nitrogens with two attached hydrogens (primary N) is 1. The number of ether oxygens (including phenoxy) is 2.